The van der Waals surface area contributed by atoms with Gasteiger partial charge in [-0.3, -0.25) is 9.97 Å². The molecule has 0 aliphatic carbocycles. The van der Waals surface area contributed by atoms with Crippen LogP contribution in [0, 0.1) is 11.6 Å². The maximum atomic E-state index is 13.7. The lowest BCUT2D eigenvalue weighted by Crippen LogP contribution is -2.10. The molecule has 0 radical (unpaired) electrons. The molecule has 0 unspecified atom stereocenters. The zero-order valence-corrected chi connectivity index (χ0v) is 33.8. The van der Waals surface area contributed by atoms with Crippen LogP contribution < -0.4 is 11.1 Å². The van der Waals surface area contributed by atoms with E-state index in [1.54, 1.807) is 58.0 Å². The van der Waals surface area contributed by atoms with Crippen LogP contribution in [-0.4, -0.2) is 62.5 Å². The highest BCUT2D eigenvalue weighted by Gasteiger charge is 2.16. The van der Waals surface area contributed by atoms with Gasteiger partial charge in [0, 0.05) is 53.3 Å². The second kappa shape index (κ2) is 19.3. The van der Waals surface area contributed by atoms with E-state index in [0.717, 1.165) is 47.2 Å². The Labute approximate surface area is 345 Å². The molecule has 8 rings (SSSR count). The van der Waals surface area contributed by atoms with E-state index in [4.69, 9.17) is 27.4 Å². The molecule has 6 aromatic heterocycles. The number of aromatic nitrogens is 8. The van der Waals surface area contributed by atoms with Crippen molar-refractivity contribution in [1.29, 1.82) is 0 Å². The summed E-state index contributed by atoms with van der Waals surface area (Å²) in [6.45, 7) is 9.62. The lowest BCUT2D eigenvalue weighted by atomic mass is 10.1. The Bertz CT molecular complexity index is 2630. The maximum absolute atomic E-state index is 13.7. The molecule has 0 atom stereocenters. The quantitative estimate of drug-likeness (QED) is 0.0979. The van der Waals surface area contributed by atoms with Gasteiger partial charge in [0.15, 0.2) is 11.3 Å². The van der Waals surface area contributed by atoms with E-state index in [9.17, 15) is 13.9 Å². The summed E-state index contributed by atoms with van der Waals surface area (Å²) < 4.78 is 30.3. The van der Waals surface area contributed by atoms with Crippen molar-refractivity contribution in [3.63, 3.8) is 0 Å². The first-order chi connectivity index (χ1) is 28.4. The fourth-order valence-corrected chi connectivity index (χ4v) is 6.32. The molecule has 59 heavy (non-hydrogen) atoms. The maximum Gasteiger partial charge on any atom is 0.161 e. The molecule has 0 aliphatic rings. The van der Waals surface area contributed by atoms with Crippen LogP contribution in [0.25, 0.3) is 33.8 Å². The van der Waals surface area contributed by atoms with Crippen molar-refractivity contribution in [2.75, 3.05) is 18.4 Å². The predicted octanol–water partition coefficient (Wildman–Crippen LogP) is 9.01. The van der Waals surface area contributed by atoms with Crippen LogP contribution in [0.5, 0.6) is 11.5 Å². The molecule has 304 valence electrons. The first kappa shape index (κ1) is 42.1. The zero-order valence-electron chi connectivity index (χ0n) is 33.1. The summed E-state index contributed by atoms with van der Waals surface area (Å²) >= 11 is 6.22. The molecule has 6 heterocycles. The number of pyridine rings is 2. The Morgan fingerprint density at radius 1 is 0.644 bits per heavy atom. The molecule has 0 spiro atoms. The highest BCUT2D eigenvalue weighted by atomic mass is 35.5. The van der Waals surface area contributed by atoms with Gasteiger partial charge in [-0.15, -0.1) is 0 Å². The number of benzene rings is 2. The normalized spacial score (nSPS) is 11.1. The number of fused-ring (bicyclic) bond motifs is 2. The first-order valence-corrected chi connectivity index (χ1v) is 19.4. The van der Waals surface area contributed by atoms with Gasteiger partial charge >= 0.3 is 0 Å². The fraction of sp³-hybridized carbons (Fsp3) is 0.227. The molecular formula is C44H45ClF2N10O2. The molecule has 2 aromatic carbocycles. The van der Waals surface area contributed by atoms with Gasteiger partial charge in [0.25, 0.3) is 0 Å². The van der Waals surface area contributed by atoms with Crippen LogP contribution in [0.3, 0.4) is 0 Å². The van der Waals surface area contributed by atoms with Crippen LogP contribution >= 0.6 is 11.6 Å². The van der Waals surface area contributed by atoms with Gasteiger partial charge in [0.1, 0.15) is 34.1 Å². The standard InChI is InChI=1S/C22H22FN5O.C14H12ClFN4.C8H11NO/c1-14(2)19-13-26-28-21(25-8-7-15-3-5-18(29)6-4-15)10-20(27-22(19)28)16-9-17(23)12-24-11-16;1-8(2)11-7-18-20-13(15)4-12(19-14(11)20)9-3-10(16)6-17-5-9;9-6-5-7-1-3-8(10)4-2-7/h3-6,9-14,25,29H,7-8H2,1-2H3;3-8H,1-2H3;1-4,10H,5-6,9H2. The number of nitrogens with zero attached hydrogens (tertiary/aromatic N) is 8. The summed E-state index contributed by atoms with van der Waals surface area (Å²) in [4.78, 5) is 17.0. The third-order valence-corrected chi connectivity index (χ3v) is 9.49. The highest BCUT2D eigenvalue weighted by molar-refractivity contribution is 6.30. The second-order valence-electron chi connectivity index (χ2n) is 14.3. The lowest BCUT2D eigenvalue weighted by Gasteiger charge is -2.12. The highest BCUT2D eigenvalue weighted by Crippen LogP contribution is 2.28. The monoisotopic (exact) mass is 818 g/mol. The van der Waals surface area contributed by atoms with Gasteiger partial charge in [0.2, 0.25) is 0 Å². The van der Waals surface area contributed by atoms with Crippen molar-refractivity contribution in [1.82, 2.24) is 39.2 Å². The van der Waals surface area contributed by atoms with E-state index < -0.39 is 11.6 Å². The number of nitrogens with one attached hydrogen (secondary N) is 1. The molecular weight excluding hydrogens is 774 g/mol. The summed E-state index contributed by atoms with van der Waals surface area (Å²) in [5.41, 5.74) is 13.5. The van der Waals surface area contributed by atoms with Gasteiger partial charge < -0.3 is 21.3 Å². The van der Waals surface area contributed by atoms with Crippen LogP contribution in [0.15, 0.2) is 110 Å². The van der Waals surface area contributed by atoms with Gasteiger partial charge in [-0.25, -0.2) is 23.3 Å². The summed E-state index contributed by atoms with van der Waals surface area (Å²) in [6, 6.07) is 20.6. The molecule has 0 saturated carbocycles. The number of phenolic OH excluding ortho intramolecular Hbond substituents is 2. The van der Waals surface area contributed by atoms with E-state index in [0.29, 0.717) is 52.2 Å². The van der Waals surface area contributed by atoms with Gasteiger partial charge in [-0.1, -0.05) is 63.6 Å². The number of hydrogen-bond donors (Lipinski definition) is 4. The number of hydrogen-bond acceptors (Lipinski definition) is 10. The van der Waals surface area contributed by atoms with Crippen LogP contribution in [0.2, 0.25) is 5.15 Å². The van der Waals surface area contributed by atoms with Gasteiger partial charge in [-0.05, 0) is 78.7 Å². The molecule has 0 saturated heterocycles. The number of anilines is 1. The van der Waals surface area contributed by atoms with Crippen molar-refractivity contribution in [3.05, 3.63) is 149 Å². The van der Waals surface area contributed by atoms with E-state index in [-0.39, 0.29) is 17.6 Å². The fourth-order valence-electron chi connectivity index (χ4n) is 6.09. The molecule has 0 fully saturated rings. The molecule has 5 N–H and O–H groups in total. The average molecular weight is 819 g/mol. The van der Waals surface area contributed by atoms with Crippen molar-refractivity contribution < 1.29 is 19.0 Å². The van der Waals surface area contributed by atoms with Crippen molar-refractivity contribution in [2.24, 2.45) is 5.73 Å². The molecule has 0 aliphatic heterocycles. The van der Waals surface area contributed by atoms with E-state index in [1.807, 2.05) is 36.5 Å². The number of halogens is 3. The molecule has 0 amide bonds. The van der Waals surface area contributed by atoms with Crippen LogP contribution in [0.4, 0.5) is 14.6 Å². The Balaban J connectivity index is 0.000000168. The molecule has 8 aromatic rings. The van der Waals surface area contributed by atoms with Gasteiger partial charge in [0.05, 0.1) is 36.2 Å². The van der Waals surface area contributed by atoms with Crippen molar-refractivity contribution >= 4 is 28.7 Å². The minimum atomic E-state index is -0.405. The Hall–Kier alpha value is -6.51. The second-order valence-corrected chi connectivity index (χ2v) is 14.7. The van der Waals surface area contributed by atoms with Crippen LogP contribution in [0.1, 0.15) is 61.8 Å². The summed E-state index contributed by atoms with van der Waals surface area (Å²) in [7, 11) is 0. The van der Waals surface area contributed by atoms with Crippen molar-refractivity contribution in [3.8, 4) is 34.0 Å². The smallest absolute Gasteiger partial charge is 0.161 e. The minimum absolute atomic E-state index is 0.253. The number of rotatable bonds is 10. The molecule has 0 bridgehead atoms. The van der Waals surface area contributed by atoms with Gasteiger partial charge in [-0.2, -0.15) is 14.7 Å². The average Bonchev–Trinajstić information content (AvgIpc) is 3.86. The van der Waals surface area contributed by atoms with Crippen LogP contribution in [-0.2, 0) is 12.8 Å². The van der Waals surface area contributed by atoms with Crippen molar-refractivity contribution in [2.45, 2.75) is 52.4 Å². The Morgan fingerprint density at radius 2 is 1.12 bits per heavy atom. The number of nitrogens with two attached hydrogens (primary N) is 1. The predicted molar refractivity (Wildman–Crippen MR) is 227 cm³/mol. The molecule has 15 heteroatoms. The number of aromatic hydroxyl groups is 2. The summed E-state index contributed by atoms with van der Waals surface area (Å²) in [6.07, 6.45) is 10.7. The zero-order chi connectivity index (χ0) is 42.1. The largest absolute Gasteiger partial charge is 0.508 e. The summed E-state index contributed by atoms with van der Waals surface area (Å²) in [5, 5.41) is 30.9. The van der Waals surface area contributed by atoms with E-state index in [1.165, 1.54) is 23.9 Å². The number of phenols is 2. The van der Waals surface area contributed by atoms with E-state index >= 15 is 0 Å². The lowest BCUT2D eigenvalue weighted by molar-refractivity contribution is 0.474. The SMILES string of the molecule is CC(C)c1cnn2c(Cl)cc(-c3cncc(F)c3)nc12.CC(C)c1cnn2c(NCCc3ccc(O)cc3)cc(-c3cncc(F)c3)nc12.NCCc1ccc(O)cc1. The Kier molecular flexibility index (Phi) is 13.8. The topological polar surface area (TPSA) is 165 Å². The Morgan fingerprint density at radius 3 is 1.61 bits per heavy atom. The molecule has 12 nitrogen and oxygen atoms in total. The first-order valence-electron chi connectivity index (χ1n) is 19.0. The minimum Gasteiger partial charge on any atom is -0.508 e. The van der Waals surface area contributed by atoms with E-state index in [2.05, 4.69) is 58.2 Å². The third kappa shape index (κ3) is 10.7. The third-order valence-electron chi connectivity index (χ3n) is 9.23. The summed E-state index contributed by atoms with van der Waals surface area (Å²) in [5.74, 6) is 1.06.